The molecule has 182 valence electrons. The first-order valence-corrected chi connectivity index (χ1v) is 10.9. The Labute approximate surface area is 194 Å². The highest BCUT2D eigenvalue weighted by Gasteiger charge is 2.46. The van der Waals surface area contributed by atoms with Crippen LogP contribution in [0.25, 0.3) is 0 Å². The van der Waals surface area contributed by atoms with Gasteiger partial charge in [0.1, 0.15) is 0 Å². The molecule has 8 nitrogen and oxygen atoms in total. The highest BCUT2D eigenvalue weighted by molar-refractivity contribution is 6.01. The minimum atomic E-state index is -4.66. The van der Waals surface area contributed by atoms with E-state index in [-0.39, 0.29) is 43.1 Å². The van der Waals surface area contributed by atoms with Gasteiger partial charge in [0.2, 0.25) is 5.91 Å². The Hall–Kier alpha value is -3.34. The number of amides is 4. The van der Waals surface area contributed by atoms with Crippen molar-refractivity contribution in [1.29, 1.82) is 0 Å². The van der Waals surface area contributed by atoms with Gasteiger partial charge in [-0.2, -0.15) is 13.2 Å². The van der Waals surface area contributed by atoms with Gasteiger partial charge >= 0.3 is 12.2 Å². The number of carbonyl (C=O) groups is 3. The molecule has 0 bridgehead atoms. The van der Waals surface area contributed by atoms with Crippen molar-refractivity contribution >= 4 is 17.8 Å². The minimum absolute atomic E-state index is 0.0243. The van der Waals surface area contributed by atoms with Crippen LogP contribution in [0.1, 0.15) is 23.6 Å². The molecule has 0 aromatic heterocycles. The summed E-state index contributed by atoms with van der Waals surface area (Å²) in [4.78, 5) is 43.1. The van der Waals surface area contributed by atoms with E-state index in [9.17, 15) is 27.6 Å². The van der Waals surface area contributed by atoms with Gasteiger partial charge in [0, 0.05) is 32.6 Å². The average molecular weight is 478 g/mol. The number of alkyl halides is 3. The Balaban J connectivity index is 1.62. The second-order valence-electron chi connectivity index (χ2n) is 8.20. The van der Waals surface area contributed by atoms with Crippen LogP contribution in [0.4, 0.5) is 18.0 Å². The lowest BCUT2D eigenvalue weighted by molar-refractivity contribution is -0.139. The maximum atomic E-state index is 13.7. The van der Waals surface area contributed by atoms with E-state index >= 15 is 0 Å². The predicted molar refractivity (Wildman–Crippen MR) is 115 cm³/mol. The van der Waals surface area contributed by atoms with Gasteiger partial charge in [-0.15, -0.1) is 6.58 Å². The number of benzene rings is 1. The van der Waals surface area contributed by atoms with E-state index in [0.29, 0.717) is 32.0 Å². The molecule has 34 heavy (non-hydrogen) atoms. The molecule has 0 unspecified atom stereocenters. The molecule has 0 saturated carbocycles. The summed E-state index contributed by atoms with van der Waals surface area (Å²) >= 11 is 0. The monoisotopic (exact) mass is 478 g/mol. The molecule has 1 saturated heterocycles. The lowest BCUT2D eigenvalue weighted by Gasteiger charge is -2.33. The van der Waals surface area contributed by atoms with Crippen molar-refractivity contribution in [2.24, 2.45) is 0 Å². The van der Waals surface area contributed by atoms with Crippen molar-refractivity contribution < 1.29 is 32.3 Å². The fraction of sp³-hybridized carbons (Fsp3) is 0.435. The number of morpholine rings is 1. The van der Waals surface area contributed by atoms with E-state index in [4.69, 9.17) is 4.74 Å². The highest BCUT2D eigenvalue weighted by atomic mass is 19.4. The molecule has 0 spiro atoms. The van der Waals surface area contributed by atoms with E-state index in [2.05, 4.69) is 11.9 Å². The molecule has 1 N–H and O–H groups in total. The quantitative estimate of drug-likeness (QED) is 0.637. The van der Waals surface area contributed by atoms with Crippen molar-refractivity contribution in [2.45, 2.75) is 18.6 Å². The zero-order valence-electron chi connectivity index (χ0n) is 18.4. The topological polar surface area (TPSA) is 82.2 Å². The van der Waals surface area contributed by atoms with Crippen LogP contribution in [0.3, 0.4) is 0 Å². The van der Waals surface area contributed by atoms with Crippen LogP contribution in [0.15, 0.2) is 48.2 Å². The van der Waals surface area contributed by atoms with Gasteiger partial charge in [0.05, 0.1) is 42.6 Å². The number of rotatable bonds is 6. The molecule has 1 fully saturated rings. The van der Waals surface area contributed by atoms with Crippen LogP contribution >= 0.6 is 0 Å². The standard InChI is InChI=1S/C23H25F3N4O4/c1-2-8-30-17-14-29(9-7-18(31)28-10-12-34-13-11-28)21(32)19(17)20(27-22(30)33)15-5-3-4-6-16(15)23(24,25)26/h2-6,20H,1,7-14H2,(H,27,33)/t20-/m1/s1. The minimum Gasteiger partial charge on any atom is -0.378 e. The molecule has 1 atom stereocenters. The normalized spacial score (nSPS) is 21.0. The van der Waals surface area contributed by atoms with Crippen LogP contribution in [0.5, 0.6) is 0 Å². The Morgan fingerprint density at radius 3 is 2.59 bits per heavy atom. The molecular formula is C23H25F3N4O4. The third-order valence-electron chi connectivity index (χ3n) is 6.14. The molecule has 3 aliphatic rings. The second kappa shape index (κ2) is 9.49. The summed E-state index contributed by atoms with van der Waals surface area (Å²) in [5.41, 5.74) is -0.710. The van der Waals surface area contributed by atoms with Gasteiger partial charge in [-0.25, -0.2) is 4.79 Å². The van der Waals surface area contributed by atoms with E-state index in [1.165, 1.54) is 34.1 Å². The van der Waals surface area contributed by atoms with Gasteiger partial charge in [0.15, 0.2) is 0 Å². The second-order valence-corrected chi connectivity index (χ2v) is 8.20. The Kier molecular flexibility index (Phi) is 6.65. The van der Waals surface area contributed by atoms with E-state index < -0.39 is 29.7 Å². The van der Waals surface area contributed by atoms with Crippen LogP contribution < -0.4 is 5.32 Å². The lowest BCUT2D eigenvalue weighted by Crippen LogP contribution is -2.47. The van der Waals surface area contributed by atoms with Crippen LogP contribution in [-0.2, 0) is 20.5 Å². The summed E-state index contributed by atoms with van der Waals surface area (Å²) in [6.07, 6.45) is -3.12. The zero-order valence-corrected chi connectivity index (χ0v) is 18.4. The van der Waals surface area contributed by atoms with Gasteiger partial charge < -0.3 is 19.9 Å². The first-order valence-electron chi connectivity index (χ1n) is 10.9. The SMILES string of the molecule is C=CCN1C(=O)N[C@H](c2ccccc2C(F)(F)F)C2=C1CN(CCC(=O)N1CCOCC1)C2=O. The number of nitrogens with zero attached hydrogens (tertiary/aromatic N) is 3. The maximum Gasteiger partial charge on any atom is 0.416 e. The van der Waals surface area contributed by atoms with Gasteiger partial charge in [-0.1, -0.05) is 24.3 Å². The number of urea groups is 1. The van der Waals surface area contributed by atoms with Gasteiger partial charge in [-0.05, 0) is 11.6 Å². The van der Waals surface area contributed by atoms with Crippen molar-refractivity contribution in [3.8, 4) is 0 Å². The molecule has 1 aromatic rings. The molecule has 11 heteroatoms. The smallest absolute Gasteiger partial charge is 0.378 e. The molecule has 1 aromatic carbocycles. The first kappa shape index (κ1) is 23.8. The Bertz CT molecular complexity index is 1030. The molecule has 0 radical (unpaired) electrons. The number of carbonyl (C=O) groups excluding carboxylic acids is 3. The summed E-state index contributed by atoms with van der Waals surface area (Å²) in [6, 6.07) is 3.02. The maximum absolute atomic E-state index is 13.7. The fourth-order valence-electron chi connectivity index (χ4n) is 4.49. The Morgan fingerprint density at radius 2 is 1.91 bits per heavy atom. The zero-order chi connectivity index (χ0) is 24.5. The first-order chi connectivity index (χ1) is 16.2. The number of hydrogen-bond acceptors (Lipinski definition) is 4. The van der Waals surface area contributed by atoms with Gasteiger partial charge in [-0.3, -0.25) is 14.5 Å². The fourth-order valence-corrected chi connectivity index (χ4v) is 4.49. The average Bonchev–Trinajstić information content (AvgIpc) is 3.15. The molecule has 0 aliphatic carbocycles. The molecule has 4 amide bonds. The van der Waals surface area contributed by atoms with Crippen molar-refractivity contribution in [2.75, 3.05) is 45.9 Å². The molecule has 3 aliphatic heterocycles. The van der Waals surface area contributed by atoms with E-state index in [1.54, 1.807) is 4.90 Å². The third-order valence-corrected chi connectivity index (χ3v) is 6.14. The molecule has 3 heterocycles. The summed E-state index contributed by atoms with van der Waals surface area (Å²) in [5.74, 6) is -0.627. The summed E-state index contributed by atoms with van der Waals surface area (Å²) in [5, 5.41) is 2.56. The van der Waals surface area contributed by atoms with Gasteiger partial charge in [0.25, 0.3) is 5.91 Å². The lowest BCUT2D eigenvalue weighted by atomic mass is 9.91. The summed E-state index contributed by atoms with van der Waals surface area (Å²) < 4.78 is 46.4. The summed E-state index contributed by atoms with van der Waals surface area (Å²) in [6.45, 7) is 5.68. The molecular weight excluding hydrogens is 453 g/mol. The number of nitrogens with one attached hydrogen (secondary N) is 1. The highest BCUT2D eigenvalue weighted by Crippen LogP contribution is 2.41. The van der Waals surface area contributed by atoms with Crippen molar-refractivity contribution in [3.05, 3.63) is 59.3 Å². The van der Waals surface area contributed by atoms with Crippen molar-refractivity contribution in [1.82, 2.24) is 20.0 Å². The summed E-state index contributed by atoms with van der Waals surface area (Å²) in [7, 11) is 0. The predicted octanol–water partition coefficient (Wildman–Crippen LogP) is 2.30. The number of ether oxygens (including phenoxy) is 1. The Morgan fingerprint density at radius 1 is 1.21 bits per heavy atom. The van der Waals surface area contributed by atoms with Crippen LogP contribution in [-0.4, -0.2) is 78.5 Å². The van der Waals surface area contributed by atoms with E-state index in [1.807, 2.05) is 0 Å². The van der Waals surface area contributed by atoms with Crippen molar-refractivity contribution in [3.63, 3.8) is 0 Å². The number of hydrogen-bond donors (Lipinski definition) is 1. The van der Waals surface area contributed by atoms with E-state index in [0.717, 1.165) is 6.07 Å². The van der Waals surface area contributed by atoms with Crippen LogP contribution in [0, 0.1) is 0 Å². The van der Waals surface area contributed by atoms with Crippen LogP contribution in [0.2, 0.25) is 0 Å². The largest absolute Gasteiger partial charge is 0.416 e. The third kappa shape index (κ3) is 4.52. The molecule has 4 rings (SSSR count). The number of halogens is 3.